The number of rotatable bonds is 12. The van der Waals surface area contributed by atoms with Crippen LogP contribution in [0.4, 0.5) is 0 Å². The lowest BCUT2D eigenvalue weighted by Gasteiger charge is -2.11. The Morgan fingerprint density at radius 2 is 0.580 bits per heavy atom. The van der Waals surface area contributed by atoms with Gasteiger partial charge in [-0.25, -0.2) is 29.9 Å². The van der Waals surface area contributed by atoms with Crippen LogP contribution in [0.1, 0.15) is 0 Å². The summed E-state index contributed by atoms with van der Waals surface area (Å²) in [5.74, 6) is 3.61. The van der Waals surface area contributed by atoms with Crippen molar-refractivity contribution in [3.8, 4) is 129 Å². The molecule has 0 aliphatic rings. The number of thiazole rings is 2. The largest absolute Gasteiger partial charge is 0.278 e. The Bertz CT molecular complexity index is 7690. The Balaban J connectivity index is 0.626. The Morgan fingerprint density at radius 3 is 1.15 bits per heavy atom. The Morgan fingerprint density at radius 1 is 0.196 bits per heavy atom. The maximum Gasteiger partial charge on any atom is 0.238 e. The highest BCUT2D eigenvalue weighted by Crippen LogP contribution is 2.52. The number of hydrogen-bond donors (Lipinski definition) is 0. The number of nitrogens with zero attached hydrogens (tertiary/aromatic N) is 9. The first-order valence-corrected chi connectivity index (χ1v) is 41.1. The minimum absolute atomic E-state index is 0.552. The minimum Gasteiger partial charge on any atom is -0.278 e. The number of thiophene rings is 3. The molecule has 0 aliphatic heterocycles. The molecule has 0 unspecified atom stereocenters. The third kappa shape index (κ3) is 10.7. The molecule has 0 spiro atoms. The highest BCUT2D eigenvalue weighted by Gasteiger charge is 2.27. The summed E-state index contributed by atoms with van der Waals surface area (Å²) in [6.45, 7) is 0. The lowest BCUT2D eigenvalue weighted by atomic mass is 9.95. The molecule has 112 heavy (non-hydrogen) atoms. The first-order valence-electron chi connectivity index (χ1n) is 37.0. The number of fused-ring (bicyclic) bond motifs is 14. The van der Waals surface area contributed by atoms with Gasteiger partial charge in [-0.2, -0.15) is 9.97 Å². The average Bonchev–Trinajstić information content (AvgIpc) is 1.56. The van der Waals surface area contributed by atoms with Crippen LogP contribution in [0.2, 0.25) is 0 Å². The number of para-hydroxylation sites is 3. The summed E-state index contributed by atoms with van der Waals surface area (Å²) in [4.78, 5) is 43.2. The normalized spacial score (nSPS) is 11.9. The second kappa shape index (κ2) is 26.1. The van der Waals surface area contributed by atoms with Crippen LogP contribution in [0.25, 0.3) is 231 Å². The molecular formula is C98H55N9S5. The van der Waals surface area contributed by atoms with Crippen molar-refractivity contribution in [2.24, 2.45) is 0 Å². The third-order valence-electron chi connectivity index (χ3n) is 21.5. The van der Waals surface area contributed by atoms with Crippen LogP contribution in [0.3, 0.4) is 0 Å². The fraction of sp³-hybridized carbons (Fsp3) is 0. The van der Waals surface area contributed by atoms with Gasteiger partial charge in [0.2, 0.25) is 5.95 Å². The minimum atomic E-state index is 0.552. The summed E-state index contributed by atoms with van der Waals surface area (Å²) in [5, 5.41) is 11.2. The van der Waals surface area contributed by atoms with Gasteiger partial charge in [-0.1, -0.05) is 267 Å². The van der Waals surface area contributed by atoms with E-state index in [1.54, 1.807) is 56.7 Å². The van der Waals surface area contributed by atoms with E-state index in [-0.39, 0.29) is 0 Å². The molecule has 0 fully saturated rings. The number of benzene rings is 15. The monoisotopic (exact) mass is 1520 g/mol. The molecule has 0 saturated carbocycles. The van der Waals surface area contributed by atoms with Gasteiger partial charge in [0.15, 0.2) is 29.1 Å². The highest BCUT2D eigenvalue weighted by molar-refractivity contribution is 7.29. The molecule has 9 nitrogen and oxygen atoms in total. The van der Waals surface area contributed by atoms with Crippen molar-refractivity contribution < 1.29 is 0 Å². The van der Waals surface area contributed by atoms with E-state index in [0.29, 0.717) is 35.1 Å². The van der Waals surface area contributed by atoms with Crippen LogP contribution >= 0.6 is 56.7 Å². The molecule has 0 saturated heterocycles. The summed E-state index contributed by atoms with van der Waals surface area (Å²) < 4.78 is 11.3. The van der Waals surface area contributed by atoms with Gasteiger partial charge < -0.3 is 0 Å². The Labute approximate surface area is 660 Å². The first-order chi connectivity index (χ1) is 55.5. The predicted molar refractivity (Wildman–Crippen MR) is 472 cm³/mol. The van der Waals surface area contributed by atoms with Crippen LogP contribution in [-0.2, 0) is 0 Å². The maximum atomic E-state index is 5.51. The molecule has 15 aromatic carbocycles. The second-order valence-corrected chi connectivity index (χ2v) is 33.1. The van der Waals surface area contributed by atoms with Gasteiger partial charge in [-0.05, 0) is 111 Å². The van der Waals surface area contributed by atoms with E-state index in [4.69, 9.17) is 39.9 Å². The second-order valence-electron chi connectivity index (χ2n) is 28.0. The van der Waals surface area contributed by atoms with E-state index in [0.717, 1.165) is 176 Å². The van der Waals surface area contributed by atoms with Crippen molar-refractivity contribution in [2.45, 2.75) is 0 Å². The summed E-state index contributed by atoms with van der Waals surface area (Å²) in [6, 6.07) is 119. The summed E-state index contributed by atoms with van der Waals surface area (Å²) in [7, 11) is 0. The van der Waals surface area contributed by atoms with Crippen molar-refractivity contribution in [1.29, 1.82) is 0 Å². The van der Waals surface area contributed by atoms with Crippen LogP contribution in [0.15, 0.2) is 334 Å². The van der Waals surface area contributed by atoms with Crippen molar-refractivity contribution in [3.63, 3.8) is 0 Å². The van der Waals surface area contributed by atoms with E-state index in [1.807, 2.05) is 36.4 Å². The molecule has 522 valence electrons. The molecule has 8 heterocycles. The predicted octanol–water partition coefficient (Wildman–Crippen LogP) is 27.8. The van der Waals surface area contributed by atoms with Crippen molar-refractivity contribution >= 4 is 159 Å². The van der Waals surface area contributed by atoms with Gasteiger partial charge in [0.25, 0.3) is 0 Å². The van der Waals surface area contributed by atoms with E-state index in [1.165, 1.54) is 20.2 Å². The molecule has 8 aromatic heterocycles. The molecule has 0 aliphatic carbocycles. The van der Waals surface area contributed by atoms with Crippen LogP contribution in [0.5, 0.6) is 0 Å². The van der Waals surface area contributed by atoms with Gasteiger partial charge in [0.1, 0.15) is 10.0 Å². The molecule has 0 atom stereocenters. The maximum absolute atomic E-state index is 5.51. The molecule has 0 bridgehead atoms. The SMILES string of the molecule is c1ccc(-c2ccc3c(c2)c2ccccc2n3-c2nc(-c3ccccc3)nc(-c3cccc4c3sc3c(-c5nc6ccccc6s5)c(-c5ccc(-c6ccc7c(c6)sc6c(-c8nc(-c9ccccc9)nc(-c9cccc%10c9sc9c(-c%11nc%12ccccc%12s%11)c(-c%11ccccc%11)ccc9%10)n8)cccc67)cc5)ccc34)n2)cc1. The fourth-order valence-corrected chi connectivity index (χ4v) is 22.3. The zero-order valence-corrected chi connectivity index (χ0v) is 63.4. The number of hydrogen-bond acceptors (Lipinski definition) is 13. The average molecular weight is 1520 g/mol. The lowest BCUT2D eigenvalue weighted by molar-refractivity contribution is 0.954. The molecule has 0 N–H and O–H groups in total. The quantitative estimate of drug-likeness (QED) is 0.119. The zero-order chi connectivity index (χ0) is 73.5. The molecule has 14 heteroatoms. The summed E-state index contributed by atoms with van der Waals surface area (Å²) in [6.07, 6.45) is 0. The van der Waals surface area contributed by atoms with Crippen molar-refractivity contribution in [1.82, 2.24) is 44.4 Å². The van der Waals surface area contributed by atoms with E-state index in [9.17, 15) is 0 Å². The zero-order valence-electron chi connectivity index (χ0n) is 59.3. The van der Waals surface area contributed by atoms with Gasteiger partial charge in [-0.15, -0.1) is 56.7 Å². The third-order valence-corrected chi connectivity index (χ3v) is 27.3. The van der Waals surface area contributed by atoms with E-state index in [2.05, 4.69) is 302 Å². The summed E-state index contributed by atoms with van der Waals surface area (Å²) in [5.41, 5.74) is 20.0. The Kier molecular flexibility index (Phi) is 15.1. The van der Waals surface area contributed by atoms with E-state index < -0.39 is 0 Å². The first kappa shape index (κ1) is 64.5. The topological polar surface area (TPSA) is 108 Å². The van der Waals surface area contributed by atoms with Crippen LogP contribution in [0, 0.1) is 0 Å². The number of aromatic nitrogens is 9. The molecule has 23 aromatic rings. The molecule has 0 amide bonds. The molecular weight excluding hydrogens is 1460 g/mol. The van der Waals surface area contributed by atoms with Gasteiger partial charge in [-0.3, -0.25) is 4.57 Å². The van der Waals surface area contributed by atoms with Crippen LogP contribution in [-0.4, -0.2) is 44.4 Å². The Hall–Kier alpha value is -13.4. The highest BCUT2D eigenvalue weighted by atomic mass is 32.1. The lowest BCUT2D eigenvalue weighted by Crippen LogP contribution is -2.06. The smallest absolute Gasteiger partial charge is 0.238 e. The molecule has 0 radical (unpaired) electrons. The van der Waals surface area contributed by atoms with Crippen molar-refractivity contribution in [3.05, 3.63) is 334 Å². The van der Waals surface area contributed by atoms with E-state index >= 15 is 0 Å². The molecule has 23 rings (SSSR count). The summed E-state index contributed by atoms with van der Waals surface area (Å²) >= 11 is 8.84. The fourth-order valence-electron chi connectivity index (χ4n) is 16.2. The van der Waals surface area contributed by atoms with Crippen LogP contribution < -0.4 is 0 Å². The van der Waals surface area contributed by atoms with Gasteiger partial charge in [0, 0.05) is 110 Å². The van der Waals surface area contributed by atoms with Gasteiger partial charge in [0.05, 0.1) is 31.5 Å². The van der Waals surface area contributed by atoms with Crippen molar-refractivity contribution in [2.75, 3.05) is 0 Å². The standard InChI is InChI=1S/C98H55N9S5/c1-5-22-56(23-6-1)62-47-53-80-76(54-62)66-30-13-16-39-79(66)107(80)98-105-92(61-28-11-4-12-29-61)103-95(106-98)75-36-21-33-70-72-52-50-65(85(90(72)112-88(70)75)97-100-78-38-15-18-41-82(78)110-97)59-44-42-57(43-45-59)63-46-48-67-68-31-19-34-73(86(68)108-83(67)55-63)93-101-91(60-26-9-3-10-27-60)102-94(104-93)74-35-20-32-69-71-51-49-64(58-24-7-2-8-25-58)84(89(71)111-87(69)74)96-99-77-37-14-17-40-81(77)109-96/h1-55H. The van der Waals surface area contributed by atoms with Gasteiger partial charge >= 0.3 is 0 Å².